The molecule has 0 spiro atoms. The highest BCUT2D eigenvalue weighted by Crippen LogP contribution is 2.29. The molecule has 94 valence electrons. The Morgan fingerprint density at radius 1 is 0.562 bits per heavy atom. The Bertz CT molecular complexity index is 195. The summed E-state index contributed by atoms with van der Waals surface area (Å²) in [5, 5.41) is 0. The third-order valence-electron chi connectivity index (χ3n) is 2.89. The van der Waals surface area contributed by atoms with Crippen LogP contribution in [0.4, 0.5) is 0 Å². The fourth-order valence-electron chi connectivity index (χ4n) is 1.79. The van der Waals surface area contributed by atoms with Crippen molar-refractivity contribution in [3.63, 3.8) is 0 Å². The molecule has 0 aliphatic heterocycles. The first-order valence-corrected chi connectivity index (χ1v) is 9.49. The molecule has 0 aromatic rings. The topological polar surface area (TPSA) is 0 Å². The third-order valence-corrected chi connectivity index (χ3v) is 8.69. The normalized spacial score (nSPS) is 40.8. The van der Waals surface area contributed by atoms with Crippen molar-refractivity contribution in [2.45, 2.75) is 57.8 Å². The summed E-state index contributed by atoms with van der Waals surface area (Å²) in [4.78, 5) is 2.34. The van der Waals surface area contributed by atoms with Crippen molar-refractivity contribution in [1.82, 2.24) is 0 Å². The summed E-state index contributed by atoms with van der Waals surface area (Å²) in [5.41, 5.74) is 0. The molecule has 1 rings (SSSR count). The van der Waals surface area contributed by atoms with Crippen LogP contribution in [0.3, 0.4) is 0 Å². The quantitative estimate of drug-likeness (QED) is 0.296. The Morgan fingerprint density at radius 3 is 1.25 bits per heavy atom. The van der Waals surface area contributed by atoms with E-state index in [0.29, 0.717) is 19.3 Å². The molecule has 0 nitrogen and oxygen atoms in total. The van der Waals surface area contributed by atoms with Crippen LogP contribution in [0.15, 0.2) is 12.2 Å². The lowest BCUT2D eigenvalue weighted by Crippen LogP contribution is -2.19. The van der Waals surface area contributed by atoms with Gasteiger partial charge in [-0.2, -0.15) is 0 Å². The van der Waals surface area contributed by atoms with E-state index in [9.17, 15) is 0 Å². The maximum absolute atomic E-state index is 3.78. The molecule has 16 heavy (non-hydrogen) atoms. The van der Waals surface area contributed by atoms with Crippen LogP contribution in [0.25, 0.3) is 0 Å². The van der Waals surface area contributed by atoms with Gasteiger partial charge in [0.1, 0.15) is 0 Å². The van der Waals surface area contributed by atoms with Crippen LogP contribution in [-0.2, 0) is 0 Å². The van der Waals surface area contributed by atoms with E-state index in [-0.39, 0.29) is 0 Å². The van der Waals surface area contributed by atoms with E-state index in [2.05, 4.69) is 75.9 Å². The van der Waals surface area contributed by atoms with Crippen molar-refractivity contribution in [2.75, 3.05) is 0 Å². The molecule has 0 fully saturated rings. The van der Waals surface area contributed by atoms with Crippen molar-refractivity contribution >= 4 is 63.7 Å². The molecular weight excluding hydrogens is 464 g/mol. The zero-order chi connectivity index (χ0) is 12.0. The Morgan fingerprint density at radius 2 is 0.875 bits per heavy atom. The first-order valence-electron chi connectivity index (χ1n) is 5.82. The molecule has 4 heteroatoms. The number of hydrogen-bond acceptors (Lipinski definition) is 0. The molecule has 0 saturated heterocycles. The van der Waals surface area contributed by atoms with Gasteiger partial charge in [-0.15, -0.1) is 0 Å². The molecule has 0 N–H and O–H groups in total. The molecular formula is C12H18Br4. The van der Waals surface area contributed by atoms with Gasteiger partial charge in [0.25, 0.3) is 0 Å². The number of hydrogen-bond donors (Lipinski definition) is 0. The van der Waals surface area contributed by atoms with Crippen LogP contribution in [0.5, 0.6) is 0 Å². The van der Waals surface area contributed by atoms with E-state index in [1.807, 2.05) is 0 Å². The molecule has 4 atom stereocenters. The van der Waals surface area contributed by atoms with Gasteiger partial charge in [-0.05, 0) is 38.5 Å². The van der Waals surface area contributed by atoms with E-state index < -0.39 is 0 Å². The lowest BCUT2D eigenvalue weighted by Gasteiger charge is -2.21. The Balaban J connectivity index is 2.52. The summed E-state index contributed by atoms with van der Waals surface area (Å²) in [7, 11) is 0. The van der Waals surface area contributed by atoms with Gasteiger partial charge >= 0.3 is 0 Å². The highest BCUT2D eigenvalue weighted by molar-refractivity contribution is 9.12. The van der Waals surface area contributed by atoms with Crippen LogP contribution in [0.2, 0.25) is 0 Å². The molecule has 0 unspecified atom stereocenters. The van der Waals surface area contributed by atoms with Crippen LogP contribution >= 0.6 is 63.7 Å². The van der Waals surface area contributed by atoms with Gasteiger partial charge in [-0.25, -0.2) is 0 Å². The first-order chi connectivity index (χ1) is 7.61. The summed E-state index contributed by atoms with van der Waals surface area (Å²) in [6, 6.07) is 0. The molecule has 0 bridgehead atoms. The lowest BCUT2D eigenvalue weighted by molar-refractivity contribution is 0.617. The fraction of sp³-hybridized carbons (Fsp3) is 0.833. The molecule has 0 aromatic carbocycles. The van der Waals surface area contributed by atoms with Crippen molar-refractivity contribution < 1.29 is 0 Å². The van der Waals surface area contributed by atoms with Crippen molar-refractivity contribution in [1.29, 1.82) is 0 Å². The average molecular weight is 482 g/mol. The van der Waals surface area contributed by atoms with Gasteiger partial charge in [0.15, 0.2) is 0 Å². The van der Waals surface area contributed by atoms with Crippen LogP contribution < -0.4 is 0 Å². The van der Waals surface area contributed by atoms with E-state index in [1.165, 1.54) is 38.5 Å². The van der Waals surface area contributed by atoms with Gasteiger partial charge in [0, 0.05) is 19.3 Å². The van der Waals surface area contributed by atoms with Gasteiger partial charge in [-0.1, -0.05) is 75.9 Å². The Hall–Kier alpha value is 1.66. The maximum Gasteiger partial charge on any atom is 0.0274 e. The molecule has 0 heterocycles. The summed E-state index contributed by atoms with van der Waals surface area (Å²) in [5.74, 6) is 0. The van der Waals surface area contributed by atoms with Crippen molar-refractivity contribution in [3.8, 4) is 0 Å². The molecule has 0 aromatic heterocycles. The fourth-order valence-corrected chi connectivity index (χ4v) is 3.90. The largest absolute Gasteiger partial charge is 0.0885 e. The van der Waals surface area contributed by atoms with Gasteiger partial charge in [0.2, 0.25) is 0 Å². The van der Waals surface area contributed by atoms with Crippen LogP contribution in [-0.4, -0.2) is 19.3 Å². The van der Waals surface area contributed by atoms with E-state index in [0.717, 1.165) is 0 Å². The molecule has 0 saturated carbocycles. The molecule has 0 amide bonds. The minimum atomic E-state index is 0.583. The number of allylic oxidation sites excluding steroid dienone is 2. The number of halogens is 4. The Labute approximate surface area is 133 Å². The SMILES string of the molecule is Br[C@@H]1CC[C@H](Br)[C@H](Br)CC/C=C\CC[C@@H]1Br. The second kappa shape index (κ2) is 8.71. The summed E-state index contributed by atoms with van der Waals surface area (Å²) < 4.78 is 0. The van der Waals surface area contributed by atoms with Crippen molar-refractivity contribution in [3.05, 3.63) is 12.2 Å². The van der Waals surface area contributed by atoms with Gasteiger partial charge in [-0.3, -0.25) is 0 Å². The zero-order valence-corrected chi connectivity index (χ0v) is 15.6. The second-order valence-corrected chi connectivity index (χ2v) is 8.97. The summed E-state index contributed by atoms with van der Waals surface area (Å²) in [6.07, 6.45) is 11.9. The second-order valence-electron chi connectivity index (χ2n) is 4.27. The summed E-state index contributed by atoms with van der Waals surface area (Å²) in [6.45, 7) is 0. The van der Waals surface area contributed by atoms with E-state index in [1.54, 1.807) is 0 Å². The van der Waals surface area contributed by atoms with E-state index >= 15 is 0 Å². The number of rotatable bonds is 0. The molecule has 0 radical (unpaired) electrons. The van der Waals surface area contributed by atoms with Gasteiger partial charge < -0.3 is 0 Å². The first kappa shape index (κ1) is 15.7. The highest BCUT2D eigenvalue weighted by atomic mass is 79.9. The van der Waals surface area contributed by atoms with Crippen LogP contribution in [0, 0.1) is 0 Å². The Kier molecular flexibility index (Phi) is 8.55. The predicted molar refractivity (Wildman–Crippen MR) is 87.7 cm³/mol. The number of alkyl halides is 4. The standard InChI is InChI=1S/C12H18Br4/c13-9-5-3-1-2-4-6-10(14)12(16)8-7-11(9)15/h1-2,9-12H,3-8H2/b2-1-/t9-,10+,11+,12-. The maximum atomic E-state index is 3.78. The van der Waals surface area contributed by atoms with Crippen molar-refractivity contribution in [2.24, 2.45) is 0 Å². The third kappa shape index (κ3) is 6.01. The van der Waals surface area contributed by atoms with Crippen LogP contribution in [0.1, 0.15) is 38.5 Å². The highest BCUT2D eigenvalue weighted by Gasteiger charge is 2.20. The smallest absolute Gasteiger partial charge is 0.0274 e. The minimum absolute atomic E-state index is 0.583. The average Bonchev–Trinajstić information content (AvgIpc) is 2.27. The van der Waals surface area contributed by atoms with Gasteiger partial charge in [0.05, 0.1) is 0 Å². The molecule has 1 aliphatic rings. The summed E-state index contributed by atoms with van der Waals surface area (Å²) >= 11 is 15.1. The monoisotopic (exact) mass is 478 g/mol. The van der Waals surface area contributed by atoms with E-state index in [4.69, 9.17) is 0 Å². The molecule has 1 aliphatic carbocycles. The predicted octanol–water partition coefficient (Wildman–Crippen LogP) is 5.95. The lowest BCUT2D eigenvalue weighted by atomic mass is 10.0. The minimum Gasteiger partial charge on any atom is -0.0885 e. The zero-order valence-electron chi connectivity index (χ0n) is 9.22.